The number of aryl methyl sites for hydroxylation is 3. The van der Waals surface area contributed by atoms with Crippen LogP contribution in [-0.2, 0) is 17.6 Å². The van der Waals surface area contributed by atoms with E-state index < -0.39 is 6.10 Å². The first-order chi connectivity index (χ1) is 18.4. The van der Waals surface area contributed by atoms with Gasteiger partial charge >= 0.3 is 0 Å². The van der Waals surface area contributed by atoms with Crippen molar-refractivity contribution in [3.8, 4) is 0 Å². The quantitative estimate of drug-likeness (QED) is 0.254. The Labute approximate surface area is 223 Å². The summed E-state index contributed by atoms with van der Waals surface area (Å²) in [6, 6.07) is 27.6. The van der Waals surface area contributed by atoms with Crippen molar-refractivity contribution < 1.29 is 14.3 Å². The van der Waals surface area contributed by atoms with Gasteiger partial charge in [0.25, 0.3) is 0 Å². The van der Waals surface area contributed by atoms with Crippen molar-refractivity contribution in [1.29, 1.82) is 0 Å². The first kappa shape index (κ1) is 25.4. The topological polar surface area (TPSA) is 75.4 Å². The highest BCUT2D eigenvalue weighted by molar-refractivity contribution is 5.83. The summed E-state index contributed by atoms with van der Waals surface area (Å²) in [5, 5.41) is 14.9. The van der Waals surface area contributed by atoms with Crippen molar-refractivity contribution in [2.75, 3.05) is 0 Å². The maximum Gasteiger partial charge on any atom is 0.225 e. The van der Waals surface area contributed by atoms with Crippen molar-refractivity contribution in [2.45, 2.75) is 45.8 Å². The lowest BCUT2D eigenvalue weighted by molar-refractivity contribution is -0.120. The molecule has 3 aromatic carbocycles. The molecule has 0 fully saturated rings. The molecule has 0 saturated heterocycles. The molecule has 0 aliphatic rings. The zero-order valence-corrected chi connectivity index (χ0v) is 21.9. The van der Waals surface area contributed by atoms with E-state index in [2.05, 4.69) is 42.3 Å². The van der Waals surface area contributed by atoms with Crippen LogP contribution in [-0.4, -0.2) is 16.0 Å². The number of carbonyl (C=O) groups is 1. The SMILES string of the molecule is Cc1ccc([C@@H](NC(=O)Cc2ccc3oc(C(O)Cc4ccnc(C)c4)cc3c2)c2ccccc2)c(C)c1. The zero-order chi connectivity index (χ0) is 26.6. The Morgan fingerprint density at radius 3 is 2.50 bits per heavy atom. The summed E-state index contributed by atoms with van der Waals surface area (Å²) in [5.41, 5.74) is 7.95. The van der Waals surface area contributed by atoms with Crippen molar-refractivity contribution in [3.05, 3.63) is 136 Å². The lowest BCUT2D eigenvalue weighted by Crippen LogP contribution is -2.31. The number of rotatable bonds is 8. The number of fused-ring (bicyclic) bond motifs is 1. The van der Waals surface area contributed by atoms with Gasteiger partial charge in [0.2, 0.25) is 5.91 Å². The van der Waals surface area contributed by atoms with Gasteiger partial charge in [0.15, 0.2) is 0 Å². The molecule has 2 atom stereocenters. The van der Waals surface area contributed by atoms with Crippen molar-refractivity contribution in [1.82, 2.24) is 10.3 Å². The molecule has 5 heteroatoms. The molecular formula is C33H32N2O3. The lowest BCUT2D eigenvalue weighted by Gasteiger charge is -2.22. The number of aliphatic hydroxyl groups is 1. The molecule has 2 heterocycles. The minimum Gasteiger partial charge on any atom is -0.458 e. The number of furan rings is 1. The number of benzene rings is 3. The van der Waals surface area contributed by atoms with E-state index in [4.69, 9.17) is 4.42 Å². The molecule has 1 amide bonds. The second-order valence-corrected chi connectivity index (χ2v) is 9.99. The molecule has 0 radical (unpaired) electrons. The number of hydrogen-bond acceptors (Lipinski definition) is 4. The summed E-state index contributed by atoms with van der Waals surface area (Å²) in [5.74, 6) is 0.449. The summed E-state index contributed by atoms with van der Waals surface area (Å²) in [6.45, 7) is 6.08. The van der Waals surface area contributed by atoms with Crippen LogP contribution in [0.15, 0.2) is 95.5 Å². The molecular weight excluding hydrogens is 472 g/mol. The van der Waals surface area contributed by atoms with Gasteiger partial charge < -0.3 is 14.8 Å². The molecule has 0 spiro atoms. The normalized spacial score (nSPS) is 12.8. The van der Waals surface area contributed by atoms with Gasteiger partial charge in [-0.3, -0.25) is 9.78 Å². The monoisotopic (exact) mass is 504 g/mol. The Morgan fingerprint density at radius 1 is 0.921 bits per heavy atom. The van der Waals surface area contributed by atoms with Crippen molar-refractivity contribution in [3.63, 3.8) is 0 Å². The number of nitrogens with zero attached hydrogens (tertiary/aromatic N) is 1. The third-order valence-electron chi connectivity index (χ3n) is 6.86. The fraction of sp³-hybridized carbons (Fsp3) is 0.212. The Bertz CT molecular complexity index is 1570. The maximum absolute atomic E-state index is 13.2. The highest BCUT2D eigenvalue weighted by Crippen LogP contribution is 2.28. The fourth-order valence-corrected chi connectivity index (χ4v) is 4.98. The number of carbonyl (C=O) groups excluding carboxylic acids is 1. The van der Waals surface area contributed by atoms with E-state index in [0.717, 1.165) is 38.9 Å². The molecule has 0 saturated carbocycles. The Balaban J connectivity index is 1.33. The molecule has 192 valence electrons. The lowest BCUT2D eigenvalue weighted by atomic mass is 9.93. The number of amides is 1. The van der Waals surface area contributed by atoms with Crippen LogP contribution in [0.2, 0.25) is 0 Å². The smallest absolute Gasteiger partial charge is 0.225 e. The van der Waals surface area contributed by atoms with Gasteiger partial charge in [-0.1, -0.05) is 60.2 Å². The molecule has 0 aliphatic carbocycles. The van der Waals surface area contributed by atoms with Gasteiger partial charge in [-0.15, -0.1) is 0 Å². The summed E-state index contributed by atoms with van der Waals surface area (Å²) >= 11 is 0. The van der Waals surface area contributed by atoms with Gasteiger partial charge in [-0.05, 0) is 78.9 Å². The largest absolute Gasteiger partial charge is 0.458 e. The van der Waals surface area contributed by atoms with E-state index in [9.17, 15) is 9.90 Å². The fourth-order valence-electron chi connectivity index (χ4n) is 4.98. The van der Waals surface area contributed by atoms with Crippen LogP contribution >= 0.6 is 0 Å². The summed E-state index contributed by atoms with van der Waals surface area (Å²) in [7, 11) is 0. The van der Waals surface area contributed by atoms with Gasteiger partial charge in [0.05, 0.1) is 12.5 Å². The molecule has 38 heavy (non-hydrogen) atoms. The Morgan fingerprint density at radius 2 is 1.74 bits per heavy atom. The van der Waals surface area contributed by atoms with Crippen LogP contribution in [0, 0.1) is 20.8 Å². The number of nitrogens with one attached hydrogen (secondary N) is 1. The number of aliphatic hydroxyl groups excluding tert-OH is 1. The van der Waals surface area contributed by atoms with Crippen LogP contribution in [0.3, 0.4) is 0 Å². The highest BCUT2D eigenvalue weighted by atomic mass is 16.4. The number of aromatic nitrogens is 1. The molecule has 0 aliphatic heterocycles. The van der Waals surface area contributed by atoms with Crippen LogP contribution in [0.4, 0.5) is 0 Å². The molecule has 2 N–H and O–H groups in total. The second kappa shape index (κ2) is 11.0. The molecule has 5 nitrogen and oxygen atoms in total. The Hall–Kier alpha value is -4.22. The van der Waals surface area contributed by atoms with Crippen molar-refractivity contribution >= 4 is 16.9 Å². The van der Waals surface area contributed by atoms with Crippen LogP contribution < -0.4 is 5.32 Å². The van der Waals surface area contributed by atoms with E-state index >= 15 is 0 Å². The predicted octanol–water partition coefficient (Wildman–Crippen LogP) is 6.48. The van der Waals surface area contributed by atoms with E-state index in [1.807, 2.05) is 73.7 Å². The first-order valence-corrected chi connectivity index (χ1v) is 12.9. The average molecular weight is 505 g/mol. The van der Waals surface area contributed by atoms with Crippen LogP contribution in [0.5, 0.6) is 0 Å². The van der Waals surface area contributed by atoms with E-state index in [-0.39, 0.29) is 18.4 Å². The minimum absolute atomic E-state index is 0.0602. The average Bonchev–Trinajstić information content (AvgIpc) is 3.32. The summed E-state index contributed by atoms with van der Waals surface area (Å²) < 4.78 is 5.93. The van der Waals surface area contributed by atoms with Gasteiger partial charge in [0, 0.05) is 23.7 Å². The predicted molar refractivity (Wildman–Crippen MR) is 150 cm³/mol. The summed E-state index contributed by atoms with van der Waals surface area (Å²) in [4.78, 5) is 17.5. The molecule has 0 bridgehead atoms. The van der Waals surface area contributed by atoms with E-state index in [1.165, 1.54) is 5.56 Å². The zero-order valence-electron chi connectivity index (χ0n) is 21.9. The minimum atomic E-state index is -0.764. The Kier molecular flexibility index (Phi) is 7.38. The molecule has 2 aromatic heterocycles. The molecule has 5 aromatic rings. The van der Waals surface area contributed by atoms with Crippen molar-refractivity contribution in [2.24, 2.45) is 0 Å². The van der Waals surface area contributed by atoms with E-state index in [1.54, 1.807) is 6.20 Å². The third kappa shape index (κ3) is 5.84. The molecule has 1 unspecified atom stereocenters. The first-order valence-electron chi connectivity index (χ1n) is 12.9. The second-order valence-electron chi connectivity index (χ2n) is 9.99. The number of pyridine rings is 1. The standard InChI is InChI=1S/C33H32N2O3/c1-21-9-11-28(22(2)15-21)33(26-7-5-4-6-8-26)35-32(37)19-24-10-12-30-27(17-24)20-31(38-30)29(36)18-25-13-14-34-23(3)16-25/h4-17,20,29,33,36H,18-19H2,1-3H3,(H,35,37)/t29?,33-/m0/s1. The summed E-state index contributed by atoms with van der Waals surface area (Å²) in [6.07, 6.45) is 1.66. The third-order valence-corrected chi connectivity index (χ3v) is 6.86. The van der Waals surface area contributed by atoms with Crippen LogP contribution in [0.1, 0.15) is 57.0 Å². The number of hydrogen-bond donors (Lipinski definition) is 2. The maximum atomic E-state index is 13.2. The molecule has 5 rings (SSSR count). The van der Waals surface area contributed by atoms with Crippen LogP contribution in [0.25, 0.3) is 11.0 Å². The highest BCUT2D eigenvalue weighted by Gasteiger charge is 2.20. The van der Waals surface area contributed by atoms with Gasteiger partial charge in [-0.25, -0.2) is 0 Å². The van der Waals surface area contributed by atoms with Gasteiger partial charge in [0.1, 0.15) is 17.4 Å². The van der Waals surface area contributed by atoms with E-state index in [0.29, 0.717) is 17.8 Å². The van der Waals surface area contributed by atoms with Gasteiger partial charge in [-0.2, -0.15) is 0 Å².